The quantitative estimate of drug-likeness (QED) is 0.736. The largest absolute Gasteiger partial charge is 0.495 e. The van der Waals surface area contributed by atoms with Crippen LogP contribution in [0.25, 0.3) is 5.69 Å². The van der Waals surface area contributed by atoms with Crippen LogP contribution in [0.3, 0.4) is 0 Å². The highest BCUT2D eigenvalue weighted by molar-refractivity contribution is 6.32. The molecular formula is C14H18ClN3O3. The Hall–Kier alpha value is -1.63. The zero-order valence-electron chi connectivity index (χ0n) is 12.2. The fraction of sp³-hybridized carbons (Fsp3) is 0.429. The van der Waals surface area contributed by atoms with Gasteiger partial charge in [-0.3, -0.25) is 0 Å². The Morgan fingerprint density at radius 1 is 1.24 bits per heavy atom. The molecule has 0 aliphatic heterocycles. The van der Waals surface area contributed by atoms with Crippen LogP contribution < -0.4 is 4.74 Å². The minimum absolute atomic E-state index is 0.511. The molecule has 0 spiro atoms. The van der Waals surface area contributed by atoms with E-state index < -0.39 is 6.29 Å². The van der Waals surface area contributed by atoms with Gasteiger partial charge in [0.25, 0.3) is 0 Å². The monoisotopic (exact) mass is 311 g/mol. The van der Waals surface area contributed by atoms with E-state index in [9.17, 15) is 0 Å². The molecule has 0 aliphatic rings. The maximum Gasteiger partial charge on any atom is 0.204 e. The summed E-state index contributed by atoms with van der Waals surface area (Å²) >= 11 is 6.01. The summed E-state index contributed by atoms with van der Waals surface area (Å²) in [5, 5.41) is 8.73. The summed E-state index contributed by atoms with van der Waals surface area (Å²) in [6.07, 6.45) is 1.25. The minimum atomic E-state index is -0.511. The van der Waals surface area contributed by atoms with Crippen molar-refractivity contribution in [2.75, 3.05) is 20.3 Å². The highest BCUT2D eigenvalue weighted by atomic mass is 35.5. The van der Waals surface area contributed by atoms with Crippen LogP contribution in [-0.2, 0) is 9.47 Å². The van der Waals surface area contributed by atoms with E-state index in [1.165, 1.54) is 0 Å². The highest BCUT2D eigenvalue weighted by Crippen LogP contribution is 2.27. The van der Waals surface area contributed by atoms with E-state index in [-0.39, 0.29) is 0 Å². The standard InChI is InChI=1S/C14H18ClN3O3/c1-4-20-14(21-5-2)12-9-18(17-16-12)10-6-7-11(15)13(8-10)19-3/h6-9,14H,4-5H2,1-3H3. The highest BCUT2D eigenvalue weighted by Gasteiger charge is 2.16. The van der Waals surface area contributed by atoms with E-state index in [0.29, 0.717) is 29.7 Å². The molecule has 0 radical (unpaired) electrons. The third-order valence-corrected chi connectivity index (χ3v) is 3.10. The second-order valence-corrected chi connectivity index (χ2v) is 4.56. The first-order chi connectivity index (χ1) is 10.2. The predicted octanol–water partition coefficient (Wildman–Crippen LogP) is 3.00. The molecule has 1 aromatic carbocycles. The van der Waals surface area contributed by atoms with Gasteiger partial charge >= 0.3 is 0 Å². The normalized spacial score (nSPS) is 11.1. The number of rotatable bonds is 7. The van der Waals surface area contributed by atoms with Crippen LogP contribution in [0.4, 0.5) is 0 Å². The Labute approximate surface area is 128 Å². The van der Waals surface area contributed by atoms with Gasteiger partial charge in [-0.1, -0.05) is 16.8 Å². The molecule has 2 aromatic rings. The Morgan fingerprint density at radius 3 is 2.57 bits per heavy atom. The Balaban J connectivity index is 2.26. The van der Waals surface area contributed by atoms with Crippen molar-refractivity contribution in [3.63, 3.8) is 0 Å². The molecule has 0 saturated carbocycles. The van der Waals surface area contributed by atoms with E-state index >= 15 is 0 Å². The van der Waals surface area contributed by atoms with Crippen molar-refractivity contribution >= 4 is 11.6 Å². The van der Waals surface area contributed by atoms with Gasteiger partial charge in [-0.05, 0) is 26.0 Å². The van der Waals surface area contributed by atoms with Gasteiger partial charge in [0.2, 0.25) is 6.29 Å². The van der Waals surface area contributed by atoms with Gasteiger partial charge in [0.05, 0.1) is 24.0 Å². The number of benzene rings is 1. The lowest BCUT2D eigenvalue weighted by molar-refractivity contribution is -0.142. The van der Waals surface area contributed by atoms with Crippen LogP contribution in [0.5, 0.6) is 5.75 Å². The van der Waals surface area contributed by atoms with Gasteiger partial charge in [0.15, 0.2) is 0 Å². The van der Waals surface area contributed by atoms with Crippen LogP contribution in [0.15, 0.2) is 24.4 Å². The summed E-state index contributed by atoms with van der Waals surface area (Å²) in [6.45, 7) is 4.87. The second kappa shape index (κ2) is 7.40. The van der Waals surface area contributed by atoms with Crippen LogP contribution >= 0.6 is 11.6 Å². The van der Waals surface area contributed by atoms with E-state index in [1.54, 1.807) is 30.1 Å². The molecule has 0 bridgehead atoms. The maximum atomic E-state index is 6.01. The van der Waals surface area contributed by atoms with Gasteiger partial charge in [-0.15, -0.1) is 5.10 Å². The topological polar surface area (TPSA) is 58.4 Å². The second-order valence-electron chi connectivity index (χ2n) is 4.15. The first-order valence-electron chi connectivity index (χ1n) is 6.69. The van der Waals surface area contributed by atoms with Crippen molar-refractivity contribution in [2.45, 2.75) is 20.1 Å². The molecule has 6 nitrogen and oxygen atoms in total. The third kappa shape index (κ3) is 3.72. The molecule has 0 unspecified atom stereocenters. The number of methoxy groups -OCH3 is 1. The van der Waals surface area contributed by atoms with Crippen molar-refractivity contribution in [1.82, 2.24) is 15.0 Å². The molecule has 1 aromatic heterocycles. The molecule has 0 amide bonds. The number of ether oxygens (including phenoxy) is 3. The van der Waals surface area contributed by atoms with Crippen LogP contribution in [0.1, 0.15) is 25.8 Å². The Bertz CT molecular complexity index is 583. The summed E-state index contributed by atoms with van der Waals surface area (Å²) in [5.74, 6) is 0.581. The number of hydrogen-bond donors (Lipinski definition) is 0. The van der Waals surface area contributed by atoms with Crippen molar-refractivity contribution in [1.29, 1.82) is 0 Å². The molecule has 21 heavy (non-hydrogen) atoms. The van der Waals surface area contributed by atoms with Gasteiger partial charge in [0.1, 0.15) is 11.4 Å². The molecule has 2 rings (SSSR count). The summed E-state index contributed by atoms with van der Waals surface area (Å²) in [6, 6.07) is 5.37. The van der Waals surface area contributed by atoms with Gasteiger partial charge in [-0.25, -0.2) is 4.68 Å². The SMILES string of the molecule is CCOC(OCC)c1cn(-c2ccc(Cl)c(OC)c2)nn1. The van der Waals surface area contributed by atoms with Gasteiger partial charge in [-0.2, -0.15) is 0 Å². The molecule has 1 heterocycles. The Morgan fingerprint density at radius 2 is 1.95 bits per heavy atom. The summed E-state index contributed by atoms with van der Waals surface area (Å²) < 4.78 is 17.8. The molecule has 0 atom stereocenters. The zero-order chi connectivity index (χ0) is 15.2. The predicted molar refractivity (Wildman–Crippen MR) is 78.9 cm³/mol. The first-order valence-corrected chi connectivity index (χ1v) is 7.06. The van der Waals surface area contributed by atoms with Crippen LogP contribution in [0.2, 0.25) is 5.02 Å². The lowest BCUT2D eigenvalue weighted by Gasteiger charge is -2.13. The van der Waals surface area contributed by atoms with Gasteiger partial charge < -0.3 is 14.2 Å². The summed E-state index contributed by atoms with van der Waals surface area (Å²) in [7, 11) is 1.57. The minimum Gasteiger partial charge on any atom is -0.495 e. The summed E-state index contributed by atoms with van der Waals surface area (Å²) in [5.41, 5.74) is 1.41. The van der Waals surface area contributed by atoms with Crippen molar-refractivity contribution in [3.8, 4) is 11.4 Å². The maximum absolute atomic E-state index is 6.01. The van der Waals surface area contributed by atoms with E-state index in [2.05, 4.69) is 10.3 Å². The molecule has 0 N–H and O–H groups in total. The van der Waals surface area contributed by atoms with E-state index in [0.717, 1.165) is 5.69 Å². The van der Waals surface area contributed by atoms with Crippen molar-refractivity contribution in [3.05, 3.63) is 35.1 Å². The summed E-state index contributed by atoms with van der Waals surface area (Å²) in [4.78, 5) is 0. The van der Waals surface area contributed by atoms with Crippen molar-refractivity contribution in [2.24, 2.45) is 0 Å². The first kappa shape index (κ1) is 15.8. The molecule has 0 fully saturated rings. The van der Waals surface area contributed by atoms with Crippen LogP contribution in [0, 0.1) is 0 Å². The van der Waals surface area contributed by atoms with Gasteiger partial charge in [0, 0.05) is 19.3 Å². The number of halogens is 1. The average molecular weight is 312 g/mol. The molecule has 7 heteroatoms. The fourth-order valence-electron chi connectivity index (χ4n) is 1.82. The van der Waals surface area contributed by atoms with E-state index in [1.807, 2.05) is 19.9 Å². The fourth-order valence-corrected chi connectivity index (χ4v) is 2.02. The number of nitrogens with zero attached hydrogens (tertiary/aromatic N) is 3. The third-order valence-electron chi connectivity index (χ3n) is 2.79. The molecule has 114 valence electrons. The smallest absolute Gasteiger partial charge is 0.204 e. The van der Waals surface area contributed by atoms with E-state index in [4.69, 9.17) is 25.8 Å². The zero-order valence-corrected chi connectivity index (χ0v) is 13.0. The lowest BCUT2D eigenvalue weighted by Crippen LogP contribution is -2.09. The number of aromatic nitrogens is 3. The Kier molecular flexibility index (Phi) is 5.55. The number of hydrogen-bond acceptors (Lipinski definition) is 5. The molecule has 0 aliphatic carbocycles. The average Bonchev–Trinajstić information content (AvgIpc) is 2.97. The molecule has 0 saturated heterocycles. The van der Waals surface area contributed by atoms with Crippen molar-refractivity contribution < 1.29 is 14.2 Å². The van der Waals surface area contributed by atoms with Crippen LogP contribution in [-0.4, -0.2) is 35.3 Å². The molecular weight excluding hydrogens is 294 g/mol. The lowest BCUT2D eigenvalue weighted by atomic mass is 10.3.